The molecule has 0 aliphatic rings. The Bertz CT molecular complexity index is 693. The number of fused-ring (bicyclic) bond motifs is 1. The normalized spacial score (nSPS) is 12.7. The van der Waals surface area contributed by atoms with Crippen LogP contribution in [0.15, 0.2) is 47.3 Å². The summed E-state index contributed by atoms with van der Waals surface area (Å²) in [6.07, 6.45) is 4.93. The SMILES string of the molecule is Cc1cccc2cc(C(NN)c3cnccn3)oc12. The molecule has 0 radical (unpaired) electrons. The number of benzene rings is 1. The van der Waals surface area contributed by atoms with Gasteiger partial charge in [0.2, 0.25) is 0 Å². The average Bonchev–Trinajstić information content (AvgIpc) is 2.86. The fraction of sp³-hybridized carbons (Fsp3) is 0.143. The number of para-hydroxylation sites is 1. The van der Waals surface area contributed by atoms with E-state index in [1.807, 2.05) is 31.2 Å². The van der Waals surface area contributed by atoms with Crippen molar-refractivity contribution in [2.75, 3.05) is 0 Å². The summed E-state index contributed by atoms with van der Waals surface area (Å²) in [7, 11) is 0. The van der Waals surface area contributed by atoms with Crippen LogP contribution in [0.2, 0.25) is 0 Å². The van der Waals surface area contributed by atoms with Gasteiger partial charge in [-0.15, -0.1) is 0 Å². The summed E-state index contributed by atoms with van der Waals surface area (Å²) in [6, 6.07) is 7.70. The zero-order valence-corrected chi connectivity index (χ0v) is 10.5. The maximum absolute atomic E-state index is 5.90. The third kappa shape index (κ3) is 2.09. The number of nitrogens with two attached hydrogens (primary N) is 1. The summed E-state index contributed by atoms with van der Waals surface area (Å²) < 4.78 is 5.90. The third-order valence-corrected chi connectivity index (χ3v) is 3.09. The van der Waals surface area contributed by atoms with Gasteiger partial charge in [-0.05, 0) is 18.6 Å². The first kappa shape index (κ1) is 11.8. The molecule has 3 rings (SSSR count). The van der Waals surface area contributed by atoms with E-state index in [1.165, 1.54) is 0 Å². The molecule has 2 heterocycles. The van der Waals surface area contributed by atoms with E-state index in [0.717, 1.165) is 28.0 Å². The maximum Gasteiger partial charge on any atom is 0.137 e. The van der Waals surface area contributed by atoms with Gasteiger partial charge in [-0.25, -0.2) is 5.43 Å². The van der Waals surface area contributed by atoms with Crippen LogP contribution in [0.5, 0.6) is 0 Å². The molecule has 0 amide bonds. The van der Waals surface area contributed by atoms with Crippen LogP contribution in [0.25, 0.3) is 11.0 Å². The molecule has 3 N–H and O–H groups in total. The van der Waals surface area contributed by atoms with Crippen LogP contribution in [0.4, 0.5) is 0 Å². The Hall–Kier alpha value is -2.24. The van der Waals surface area contributed by atoms with Crippen molar-refractivity contribution in [1.29, 1.82) is 0 Å². The minimum Gasteiger partial charge on any atom is -0.459 e. The van der Waals surface area contributed by atoms with Crippen molar-refractivity contribution in [3.8, 4) is 0 Å². The molecule has 0 aliphatic heterocycles. The summed E-state index contributed by atoms with van der Waals surface area (Å²) in [4.78, 5) is 8.30. The summed E-state index contributed by atoms with van der Waals surface area (Å²) in [5, 5.41) is 1.05. The molecule has 1 aromatic carbocycles. The number of furan rings is 1. The Labute approximate surface area is 110 Å². The van der Waals surface area contributed by atoms with Gasteiger partial charge in [0, 0.05) is 17.8 Å². The Morgan fingerprint density at radius 2 is 2.21 bits per heavy atom. The highest BCUT2D eigenvalue weighted by molar-refractivity contribution is 5.81. The van der Waals surface area contributed by atoms with Crippen LogP contribution in [-0.4, -0.2) is 9.97 Å². The number of hydrazine groups is 1. The van der Waals surface area contributed by atoms with Crippen molar-refractivity contribution in [1.82, 2.24) is 15.4 Å². The minimum absolute atomic E-state index is 0.305. The van der Waals surface area contributed by atoms with E-state index in [2.05, 4.69) is 15.4 Å². The molecule has 3 aromatic rings. The van der Waals surface area contributed by atoms with Crippen molar-refractivity contribution < 1.29 is 4.42 Å². The highest BCUT2D eigenvalue weighted by atomic mass is 16.3. The first-order valence-corrected chi connectivity index (χ1v) is 6.00. The highest BCUT2D eigenvalue weighted by Gasteiger charge is 2.19. The molecule has 2 aromatic heterocycles. The fourth-order valence-electron chi connectivity index (χ4n) is 2.14. The van der Waals surface area contributed by atoms with Crippen LogP contribution >= 0.6 is 0 Å². The molecule has 0 bridgehead atoms. The second-order valence-corrected chi connectivity index (χ2v) is 4.37. The predicted molar refractivity (Wildman–Crippen MR) is 72.1 cm³/mol. The van der Waals surface area contributed by atoms with Gasteiger partial charge in [0.1, 0.15) is 17.4 Å². The largest absolute Gasteiger partial charge is 0.459 e. The van der Waals surface area contributed by atoms with Gasteiger partial charge < -0.3 is 4.42 Å². The predicted octanol–water partition coefficient (Wildman–Crippen LogP) is 2.08. The maximum atomic E-state index is 5.90. The molecule has 0 aliphatic carbocycles. The van der Waals surface area contributed by atoms with E-state index in [0.29, 0.717) is 0 Å². The lowest BCUT2D eigenvalue weighted by Gasteiger charge is -2.11. The lowest BCUT2D eigenvalue weighted by molar-refractivity contribution is 0.469. The van der Waals surface area contributed by atoms with Crippen LogP contribution in [-0.2, 0) is 0 Å². The summed E-state index contributed by atoms with van der Waals surface area (Å²) in [5.74, 6) is 6.35. The van der Waals surface area contributed by atoms with Gasteiger partial charge in [0.05, 0.1) is 11.9 Å². The molecule has 0 saturated heterocycles. The third-order valence-electron chi connectivity index (χ3n) is 3.09. The van der Waals surface area contributed by atoms with Crippen molar-refractivity contribution in [2.24, 2.45) is 5.84 Å². The van der Waals surface area contributed by atoms with Crippen LogP contribution in [0, 0.1) is 6.92 Å². The first-order chi connectivity index (χ1) is 9.29. The van der Waals surface area contributed by atoms with Crippen LogP contribution in [0.3, 0.4) is 0 Å². The van der Waals surface area contributed by atoms with Gasteiger partial charge in [0.15, 0.2) is 0 Å². The zero-order valence-electron chi connectivity index (χ0n) is 10.5. The van der Waals surface area contributed by atoms with Crippen molar-refractivity contribution in [3.63, 3.8) is 0 Å². The number of hydrogen-bond donors (Lipinski definition) is 2. The van der Waals surface area contributed by atoms with E-state index in [9.17, 15) is 0 Å². The van der Waals surface area contributed by atoms with Crippen molar-refractivity contribution in [2.45, 2.75) is 13.0 Å². The molecule has 5 nitrogen and oxygen atoms in total. The van der Waals surface area contributed by atoms with Gasteiger partial charge in [-0.3, -0.25) is 15.8 Å². The zero-order chi connectivity index (χ0) is 13.2. The minimum atomic E-state index is -0.305. The number of rotatable bonds is 3. The fourth-order valence-corrected chi connectivity index (χ4v) is 2.14. The number of nitrogens with zero attached hydrogens (tertiary/aromatic N) is 2. The monoisotopic (exact) mass is 254 g/mol. The van der Waals surface area contributed by atoms with Gasteiger partial charge in [-0.1, -0.05) is 18.2 Å². The second kappa shape index (κ2) is 4.79. The lowest BCUT2D eigenvalue weighted by Crippen LogP contribution is -2.29. The number of aromatic nitrogens is 2. The number of aryl methyl sites for hydroxylation is 1. The van der Waals surface area contributed by atoms with E-state index in [4.69, 9.17) is 10.3 Å². The van der Waals surface area contributed by atoms with Gasteiger partial charge >= 0.3 is 0 Å². The average molecular weight is 254 g/mol. The molecule has 0 fully saturated rings. The Morgan fingerprint density at radius 1 is 1.32 bits per heavy atom. The molecule has 0 saturated carbocycles. The summed E-state index contributed by atoms with van der Waals surface area (Å²) in [5.41, 5.74) is 5.42. The van der Waals surface area contributed by atoms with E-state index < -0.39 is 0 Å². The quantitative estimate of drug-likeness (QED) is 0.552. The Balaban J connectivity index is 2.09. The molecule has 19 heavy (non-hydrogen) atoms. The Morgan fingerprint density at radius 3 is 2.89 bits per heavy atom. The molecule has 1 atom stereocenters. The summed E-state index contributed by atoms with van der Waals surface area (Å²) in [6.45, 7) is 2.02. The van der Waals surface area contributed by atoms with E-state index in [-0.39, 0.29) is 6.04 Å². The second-order valence-electron chi connectivity index (χ2n) is 4.37. The Kier molecular flexibility index (Phi) is 2.98. The summed E-state index contributed by atoms with van der Waals surface area (Å²) >= 11 is 0. The molecule has 5 heteroatoms. The van der Waals surface area contributed by atoms with E-state index in [1.54, 1.807) is 18.6 Å². The number of nitrogens with one attached hydrogen (secondary N) is 1. The van der Waals surface area contributed by atoms with Crippen LogP contribution in [0.1, 0.15) is 23.1 Å². The molecule has 0 spiro atoms. The van der Waals surface area contributed by atoms with E-state index >= 15 is 0 Å². The molecular weight excluding hydrogens is 240 g/mol. The van der Waals surface area contributed by atoms with Crippen molar-refractivity contribution >= 4 is 11.0 Å². The standard InChI is InChI=1S/C14H14N4O/c1-9-3-2-4-10-7-12(19-14(9)10)13(18-15)11-8-16-5-6-17-11/h2-8,13,18H,15H2,1H3. The molecule has 96 valence electrons. The van der Waals surface area contributed by atoms with Gasteiger partial charge in [0.25, 0.3) is 0 Å². The first-order valence-electron chi connectivity index (χ1n) is 6.00. The highest BCUT2D eigenvalue weighted by Crippen LogP contribution is 2.28. The number of hydrogen-bond acceptors (Lipinski definition) is 5. The van der Waals surface area contributed by atoms with Gasteiger partial charge in [-0.2, -0.15) is 0 Å². The van der Waals surface area contributed by atoms with Crippen LogP contribution < -0.4 is 11.3 Å². The van der Waals surface area contributed by atoms with Crippen molar-refractivity contribution in [3.05, 3.63) is 59.9 Å². The topological polar surface area (TPSA) is 77.0 Å². The smallest absolute Gasteiger partial charge is 0.137 e. The molecule has 1 unspecified atom stereocenters. The lowest BCUT2D eigenvalue weighted by atomic mass is 10.1. The molecular formula is C14H14N4O.